The van der Waals surface area contributed by atoms with Crippen LogP contribution in [0.25, 0.3) is 32.9 Å². The van der Waals surface area contributed by atoms with Gasteiger partial charge in [0.1, 0.15) is 0 Å². The SMILES string of the molecule is CCN1CCc2c(c(-c3ccc(OC)c(OC)c3Cl)nc3ccc4ccccc4c23)C1. The van der Waals surface area contributed by atoms with Gasteiger partial charge in [0.2, 0.25) is 0 Å². The first kappa shape index (κ1) is 20.1. The highest BCUT2D eigenvalue weighted by Crippen LogP contribution is 2.44. The molecule has 0 fully saturated rings. The lowest BCUT2D eigenvalue weighted by Gasteiger charge is -2.30. The highest BCUT2D eigenvalue weighted by atomic mass is 35.5. The monoisotopic (exact) mass is 432 g/mol. The first-order valence-corrected chi connectivity index (χ1v) is 11.0. The minimum absolute atomic E-state index is 0.533. The maximum atomic E-state index is 6.83. The Morgan fingerprint density at radius 3 is 2.61 bits per heavy atom. The number of nitrogens with zero attached hydrogens (tertiary/aromatic N) is 2. The lowest BCUT2D eigenvalue weighted by molar-refractivity contribution is 0.269. The Bertz CT molecular complexity index is 1300. The molecule has 0 unspecified atom stereocenters. The minimum atomic E-state index is 0.533. The molecule has 5 rings (SSSR count). The topological polar surface area (TPSA) is 34.6 Å². The molecule has 0 atom stereocenters. The van der Waals surface area contributed by atoms with Crippen molar-refractivity contribution in [3.05, 3.63) is 64.7 Å². The number of fused-ring (bicyclic) bond motifs is 5. The third-order valence-corrected chi connectivity index (χ3v) is 6.71. The summed E-state index contributed by atoms with van der Waals surface area (Å²) in [5.74, 6) is 1.16. The van der Waals surface area contributed by atoms with Gasteiger partial charge >= 0.3 is 0 Å². The number of halogens is 1. The van der Waals surface area contributed by atoms with Crippen LogP contribution < -0.4 is 9.47 Å². The van der Waals surface area contributed by atoms with Crippen LogP contribution in [0, 0.1) is 0 Å². The second-order valence-electron chi connectivity index (χ2n) is 7.88. The molecule has 1 aliphatic rings. The van der Waals surface area contributed by atoms with Gasteiger partial charge in [0.25, 0.3) is 0 Å². The van der Waals surface area contributed by atoms with Crippen molar-refractivity contribution in [1.29, 1.82) is 0 Å². The molecule has 4 nitrogen and oxygen atoms in total. The average molecular weight is 433 g/mol. The van der Waals surface area contributed by atoms with Crippen LogP contribution in [0.1, 0.15) is 18.1 Å². The van der Waals surface area contributed by atoms with Gasteiger partial charge in [-0.2, -0.15) is 0 Å². The Hall–Kier alpha value is -2.82. The Kier molecular flexibility index (Phi) is 5.20. The van der Waals surface area contributed by atoms with E-state index in [4.69, 9.17) is 26.1 Å². The maximum absolute atomic E-state index is 6.83. The number of hydrogen-bond donors (Lipinski definition) is 0. The number of ether oxygens (including phenoxy) is 2. The summed E-state index contributed by atoms with van der Waals surface area (Å²) in [6, 6.07) is 16.7. The standard InChI is InChI=1S/C26H25ClN2O2/c1-4-29-14-13-18-20(15-29)25(19-10-12-22(30-2)26(31-3)24(19)27)28-21-11-9-16-7-5-6-8-17(16)23(18)21/h5-12H,4,13-15H2,1-3H3. The molecule has 0 amide bonds. The van der Waals surface area contributed by atoms with E-state index in [1.54, 1.807) is 14.2 Å². The lowest BCUT2D eigenvalue weighted by atomic mass is 9.89. The van der Waals surface area contributed by atoms with E-state index in [1.807, 2.05) is 12.1 Å². The molecule has 3 aromatic carbocycles. The van der Waals surface area contributed by atoms with Gasteiger partial charge in [-0.1, -0.05) is 48.9 Å². The Labute approximate surface area is 187 Å². The fourth-order valence-corrected chi connectivity index (χ4v) is 5.06. The normalized spacial score (nSPS) is 14.1. The van der Waals surface area contributed by atoms with Gasteiger partial charge in [-0.25, -0.2) is 4.98 Å². The number of hydrogen-bond acceptors (Lipinski definition) is 4. The molecule has 5 heteroatoms. The molecule has 2 heterocycles. The van der Waals surface area contributed by atoms with Gasteiger partial charge in [0.05, 0.1) is 30.5 Å². The molecule has 0 saturated carbocycles. The van der Waals surface area contributed by atoms with Crippen LogP contribution in [0.2, 0.25) is 5.02 Å². The fourth-order valence-electron chi connectivity index (χ4n) is 4.74. The van der Waals surface area contributed by atoms with E-state index < -0.39 is 0 Å². The van der Waals surface area contributed by atoms with Gasteiger partial charge in [-0.3, -0.25) is 4.90 Å². The summed E-state index contributed by atoms with van der Waals surface area (Å²) in [6.07, 6.45) is 0.994. The number of benzene rings is 3. The van der Waals surface area contributed by atoms with Crippen LogP contribution in [0.3, 0.4) is 0 Å². The van der Waals surface area contributed by atoms with Crippen molar-refractivity contribution < 1.29 is 9.47 Å². The minimum Gasteiger partial charge on any atom is -0.493 e. The predicted octanol–water partition coefficient (Wildman–Crippen LogP) is 6.10. The number of pyridine rings is 1. The van der Waals surface area contributed by atoms with E-state index in [9.17, 15) is 0 Å². The van der Waals surface area contributed by atoms with Crippen LogP contribution in [0.5, 0.6) is 11.5 Å². The highest BCUT2D eigenvalue weighted by Gasteiger charge is 2.26. The fraction of sp³-hybridized carbons (Fsp3) is 0.269. The number of rotatable bonds is 4. The van der Waals surface area contributed by atoms with E-state index >= 15 is 0 Å². The van der Waals surface area contributed by atoms with Crippen molar-refractivity contribution >= 4 is 33.3 Å². The molecular formula is C26H25ClN2O2. The molecule has 0 radical (unpaired) electrons. The van der Waals surface area contributed by atoms with Crippen molar-refractivity contribution in [3.63, 3.8) is 0 Å². The summed E-state index contributed by atoms with van der Waals surface area (Å²) >= 11 is 6.83. The smallest absolute Gasteiger partial charge is 0.180 e. The van der Waals surface area contributed by atoms with Crippen LogP contribution in [-0.2, 0) is 13.0 Å². The Morgan fingerprint density at radius 2 is 1.84 bits per heavy atom. The van der Waals surface area contributed by atoms with Gasteiger partial charge in [0.15, 0.2) is 11.5 Å². The maximum Gasteiger partial charge on any atom is 0.180 e. The molecule has 1 aliphatic heterocycles. The van der Waals surface area contributed by atoms with Crippen LogP contribution in [-0.4, -0.2) is 37.2 Å². The lowest BCUT2D eigenvalue weighted by Crippen LogP contribution is -2.31. The molecule has 0 spiro atoms. The second kappa shape index (κ2) is 8.03. The van der Waals surface area contributed by atoms with Crippen LogP contribution in [0.15, 0.2) is 48.5 Å². The van der Waals surface area contributed by atoms with Crippen LogP contribution in [0.4, 0.5) is 0 Å². The van der Waals surface area contributed by atoms with E-state index in [1.165, 1.54) is 27.3 Å². The van der Waals surface area contributed by atoms with E-state index in [-0.39, 0.29) is 0 Å². The van der Waals surface area contributed by atoms with Gasteiger partial charge in [-0.15, -0.1) is 0 Å². The Balaban J connectivity index is 1.85. The first-order valence-electron chi connectivity index (χ1n) is 10.6. The summed E-state index contributed by atoms with van der Waals surface area (Å²) in [7, 11) is 3.23. The summed E-state index contributed by atoms with van der Waals surface area (Å²) in [6.45, 7) is 5.12. The highest BCUT2D eigenvalue weighted by molar-refractivity contribution is 6.35. The molecule has 0 saturated heterocycles. The molecule has 158 valence electrons. The second-order valence-corrected chi connectivity index (χ2v) is 8.26. The van der Waals surface area contributed by atoms with Gasteiger partial charge < -0.3 is 9.47 Å². The third kappa shape index (κ3) is 3.22. The van der Waals surface area contributed by atoms with Gasteiger partial charge in [0, 0.05) is 24.0 Å². The number of likely N-dealkylation sites (N-methyl/N-ethyl adjacent to an activating group) is 1. The van der Waals surface area contributed by atoms with Crippen molar-refractivity contribution in [2.24, 2.45) is 0 Å². The molecule has 0 bridgehead atoms. The van der Waals surface area contributed by atoms with Crippen molar-refractivity contribution in [1.82, 2.24) is 9.88 Å². The quantitative estimate of drug-likeness (QED) is 0.365. The first-order chi connectivity index (χ1) is 15.2. The summed E-state index contributed by atoms with van der Waals surface area (Å²) < 4.78 is 11.0. The summed E-state index contributed by atoms with van der Waals surface area (Å²) in [5.41, 5.74) is 5.45. The molecule has 0 N–H and O–H groups in total. The Morgan fingerprint density at radius 1 is 1.00 bits per heavy atom. The zero-order chi connectivity index (χ0) is 21.5. The summed E-state index contributed by atoms with van der Waals surface area (Å²) in [5, 5.41) is 4.31. The average Bonchev–Trinajstić information content (AvgIpc) is 2.82. The summed E-state index contributed by atoms with van der Waals surface area (Å²) in [4.78, 5) is 7.62. The zero-order valence-corrected chi connectivity index (χ0v) is 18.8. The third-order valence-electron chi connectivity index (χ3n) is 6.34. The van der Waals surface area contributed by atoms with Crippen molar-refractivity contribution in [3.8, 4) is 22.8 Å². The molecular weight excluding hydrogens is 408 g/mol. The molecule has 31 heavy (non-hydrogen) atoms. The van der Waals surface area contributed by atoms with Crippen molar-refractivity contribution in [2.45, 2.75) is 19.9 Å². The van der Waals surface area contributed by atoms with Gasteiger partial charge in [-0.05, 0) is 53.1 Å². The van der Waals surface area contributed by atoms with Crippen LogP contribution >= 0.6 is 11.6 Å². The van der Waals surface area contributed by atoms with Crippen molar-refractivity contribution in [2.75, 3.05) is 27.3 Å². The molecule has 1 aromatic heterocycles. The molecule has 0 aliphatic carbocycles. The van der Waals surface area contributed by atoms with E-state index in [0.717, 1.165) is 42.8 Å². The molecule has 4 aromatic rings. The largest absolute Gasteiger partial charge is 0.493 e. The zero-order valence-electron chi connectivity index (χ0n) is 18.0. The van der Waals surface area contributed by atoms with E-state index in [2.05, 4.69) is 48.2 Å². The predicted molar refractivity (Wildman–Crippen MR) is 127 cm³/mol. The van der Waals surface area contributed by atoms with E-state index in [0.29, 0.717) is 16.5 Å². The number of methoxy groups -OCH3 is 2. The number of aromatic nitrogens is 1.